The first-order chi connectivity index (χ1) is 7.22. The second-order valence-corrected chi connectivity index (χ2v) is 3.98. The summed E-state index contributed by atoms with van der Waals surface area (Å²) in [6.45, 7) is 0.408. The summed E-state index contributed by atoms with van der Waals surface area (Å²) in [4.78, 5) is 0. The molecule has 4 nitrogen and oxygen atoms in total. The second-order valence-electron chi connectivity index (χ2n) is 3.13. The molecule has 0 bridgehead atoms. The fourth-order valence-corrected chi connectivity index (χ4v) is 1.87. The van der Waals surface area contributed by atoms with Gasteiger partial charge in [0.1, 0.15) is 5.82 Å². The van der Waals surface area contributed by atoms with Gasteiger partial charge in [-0.3, -0.25) is 0 Å². The molecule has 0 aliphatic carbocycles. The third kappa shape index (κ3) is 1.88. The van der Waals surface area contributed by atoms with Gasteiger partial charge >= 0.3 is 0 Å². The van der Waals surface area contributed by atoms with Crippen LogP contribution in [0.4, 0.5) is 5.82 Å². The normalized spacial score (nSPS) is 10.5. The molecular weight excluding hydrogens is 256 g/mol. The molecule has 1 heterocycles. The van der Waals surface area contributed by atoms with Gasteiger partial charge in [-0.25, -0.2) is 4.68 Å². The number of para-hydroxylation sites is 1. The van der Waals surface area contributed by atoms with E-state index in [1.54, 1.807) is 10.7 Å². The smallest absolute Gasteiger partial charge is 0.146 e. The third-order valence-corrected chi connectivity index (χ3v) is 2.76. The van der Waals surface area contributed by atoms with Gasteiger partial charge in [0.15, 0.2) is 0 Å². The first-order valence-electron chi connectivity index (χ1n) is 4.51. The van der Waals surface area contributed by atoms with Crippen LogP contribution in [0.25, 0.3) is 5.69 Å². The van der Waals surface area contributed by atoms with Crippen molar-refractivity contribution in [3.63, 3.8) is 0 Å². The molecule has 4 N–H and O–H groups in total. The monoisotopic (exact) mass is 266 g/mol. The Bertz CT molecular complexity index is 478. The molecule has 0 atom stereocenters. The number of anilines is 1. The maximum Gasteiger partial charge on any atom is 0.146 e. The Kier molecular flexibility index (Phi) is 2.75. The van der Waals surface area contributed by atoms with Gasteiger partial charge in [0.2, 0.25) is 0 Å². The third-order valence-electron chi connectivity index (χ3n) is 2.09. The van der Waals surface area contributed by atoms with Gasteiger partial charge in [0.05, 0.1) is 11.4 Å². The predicted octanol–water partition coefficient (Wildman–Crippen LogP) is 1.68. The Balaban J connectivity index is 2.58. The summed E-state index contributed by atoms with van der Waals surface area (Å²) in [5.74, 6) is 0.478. The van der Waals surface area contributed by atoms with Crippen molar-refractivity contribution in [2.24, 2.45) is 5.73 Å². The van der Waals surface area contributed by atoms with Crippen molar-refractivity contribution in [2.45, 2.75) is 6.54 Å². The van der Waals surface area contributed by atoms with E-state index in [2.05, 4.69) is 21.0 Å². The highest BCUT2D eigenvalue weighted by atomic mass is 79.9. The Morgan fingerprint density at radius 1 is 1.33 bits per heavy atom. The number of hydrogen-bond acceptors (Lipinski definition) is 3. The summed E-state index contributed by atoms with van der Waals surface area (Å²) >= 11 is 3.46. The first kappa shape index (κ1) is 10.2. The van der Waals surface area contributed by atoms with Crippen LogP contribution in [0.2, 0.25) is 0 Å². The molecular formula is C10H11BrN4. The molecule has 0 aliphatic heterocycles. The van der Waals surface area contributed by atoms with E-state index in [4.69, 9.17) is 11.5 Å². The van der Waals surface area contributed by atoms with Crippen LogP contribution in [0.5, 0.6) is 0 Å². The van der Waals surface area contributed by atoms with Crippen molar-refractivity contribution in [1.29, 1.82) is 0 Å². The van der Waals surface area contributed by atoms with Crippen LogP contribution < -0.4 is 11.5 Å². The first-order valence-corrected chi connectivity index (χ1v) is 5.31. The van der Waals surface area contributed by atoms with Crippen molar-refractivity contribution >= 4 is 21.7 Å². The van der Waals surface area contributed by atoms with Crippen molar-refractivity contribution in [3.8, 4) is 5.69 Å². The minimum Gasteiger partial charge on any atom is -0.382 e. The van der Waals surface area contributed by atoms with Crippen LogP contribution in [0, 0.1) is 0 Å². The van der Waals surface area contributed by atoms with Gasteiger partial charge in [-0.2, -0.15) is 5.10 Å². The lowest BCUT2D eigenvalue weighted by molar-refractivity contribution is 0.804. The Labute approximate surface area is 96.0 Å². The van der Waals surface area contributed by atoms with Gasteiger partial charge < -0.3 is 11.5 Å². The van der Waals surface area contributed by atoms with Crippen LogP contribution in [-0.4, -0.2) is 9.78 Å². The largest absolute Gasteiger partial charge is 0.382 e. The maximum atomic E-state index is 5.64. The minimum atomic E-state index is 0.408. The van der Waals surface area contributed by atoms with Crippen molar-refractivity contribution in [2.75, 3.05) is 5.73 Å². The molecule has 0 spiro atoms. The van der Waals surface area contributed by atoms with Crippen LogP contribution >= 0.6 is 15.9 Å². The van der Waals surface area contributed by atoms with Gasteiger partial charge in [0, 0.05) is 17.1 Å². The number of rotatable bonds is 2. The fraction of sp³-hybridized carbons (Fsp3) is 0.100. The molecule has 0 fully saturated rings. The summed E-state index contributed by atoms with van der Waals surface area (Å²) in [5, 5.41) is 4.20. The van der Waals surface area contributed by atoms with Gasteiger partial charge in [0.25, 0.3) is 0 Å². The zero-order chi connectivity index (χ0) is 10.8. The number of halogens is 1. The van der Waals surface area contributed by atoms with E-state index in [1.807, 2.05) is 24.3 Å². The summed E-state index contributed by atoms with van der Waals surface area (Å²) in [5.41, 5.74) is 13.1. The molecule has 0 aliphatic rings. The molecule has 5 heteroatoms. The topological polar surface area (TPSA) is 69.9 Å². The maximum absolute atomic E-state index is 5.64. The standard InChI is InChI=1S/C10H11BrN4/c11-8-3-1-2-4-9(8)15-7(6-12)5-10(13)14-15/h1-5H,6,12H2,(H2,13,14). The van der Waals surface area contributed by atoms with Gasteiger partial charge in [-0.05, 0) is 28.1 Å². The Hall–Kier alpha value is -1.33. The van der Waals surface area contributed by atoms with Crippen LogP contribution in [0.15, 0.2) is 34.8 Å². The molecule has 78 valence electrons. The zero-order valence-corrected chi connectivity index (χ0v) is 9.61. The number of nitrogen functional groups attached to an aromatic ring is 1. The molecule has 15 heavy (non-hydrogen) atoms. The lowest BCUT2D eigenvalue weighted by atomic mass is 10.3. The summed E-state index contributed by atoms with van der Waals surface area (Å²) in [7, 11) is 0. The van der Waals surface area contributed by atoms with E-state index >= 15 is 0 Å². The Morgan fingerprint density at radius 3 is 2.73 bits per heavy atom. The van der Waals surface area contributed by atoms with Crippen LogP contribution in [0.1, 0.15) is 5.69 Å². The van der Waals surface area contributed by atoms with E-state index < -0.39 is 0 Å². The molecule has 0 saturated carbocycles. The predicted molar refractivity (Wildman–Crippen MR) is 63.6 cm³/mol. The summed E-state index contributed by atoms with van der Waals surface area (Å²) < 4.78 is 2.71. The van der Waals surface area contributed by atoms with Crippen molar-refractivity contribution < 1.29 is 0 Å². The molecule has 2 rings (SSSR count). The highest BCUT2D eigenvalue weighted by Gasteiger charge is 2.08. The Morgan fingerprint density at radius 2 is 2.07 bits per heavy atom. The summed E-state index contributed by atoms with van der Waals surface area (Å²) in [6, 6.07) is 9.57. The van der Waals surface area contributed by atoms with E-state index in [-0.39, 0.29) is 0 Å². The van der Waals surface area contributed by atoms with Crippen molar-refractivity contribution in [3.05, 3.63) is 40.5 Å². The zero-order valence-electron chi connectivity index (χ0n) is 8.02. The second kappa shape index (κ2) is 4.04. The molecule has 0 unspecified atom stereocenters. The van der Waals surface area contributed by atoms with E-state index in [1.165, 1.54) is 0 Å². The average Bonchev–Trinajstić information content (AvgIpc) is 2.60. The van der Waals surface area contributed by atoms with E-state index in [0.717, 1.165) is 15.9 Å². The minimum absolute atomic E-state index is 0.408. The molecule has 1 aromatic carbocycles. The van der Waals surface area contributed by atoms with Crippen LogP contribution in [-0.2, 0) is 6.54 Å². The molecule has 1 aromatic heterocycles. The van der Waals surface area contributed by atoms with Gasteiger partial charge in [-0.1, -0.05) is 12.1 Å². The van der Waals surface area contributed by atoms with E-state index in [0.29, 0.717) is 12.4 Å². The molecule has 0 radical (unpaired) electrons. The number of benzene rings is 1. The average molecular weight is 267 g/mol. The van der Waals surface area contributed by atoms with Gasteiger partial charge in [-0.15, -0.1) is 0 Å². The number of nitrogens with two attached hydrogens (primary N) is 2. The molecule has 0 saturated heterocycles. The molecule has 2 aromatic rings. The molecule has 0 amide bonds. The number of hydrogen-bond donors (Lipinski definition) is 2. The van der Waals surface area contributed by atoms with E-state index in [9.17, 15) is 0 Å². The SMILES string of the molecule is NCc1cc(N)nn1-c1ccccc1Br. The lowest BCUT2D eigenvalue weighted by Gasteiger charge is -2.07. The fourth-order valence-electron chi connectivity index (χ4n) is 1.42. The van der Waals surface area contributed by atoms with Crippen molar-refractivity contribution in [1.82, 2.24) is 9.78 Å². The van der Waals surface area contributed by atoms with Crippen LogP contribution in [0.3, 0.4) is 0 Å². The lowest BCUT2D eigenvalue weighted by Crippen LogP contribution is -2.07. The highest BCUT2D eigenvalue weighted by Crippen LogP contribution is 2.22. The highest BCUT2D eigenvalue weighted by molar-refractivity contribution is 9.10. The number of aromatic nitrogens is 2. The quantitative estimate of drug-likeness (QED) is 0.869. The summed E-state index contributed by atoms with van der Waals surface area (Å²) in [6.07, 6.45) is 0. The number of nitrogens with zero attached hydrogens (tertiary/aromatic N) is 2.